The topological polar surface area (TPSA) is 63.3 Å². The van der Waals surface area contributed by atoms with E-state index in [9.17, 15) is 4.79 Å². The molecule has 0 heterocycles. The Hall–Kier alpha value is -1.35. The predicted octanol–water partition coefficient (Wildman–Crippen LogP) is 1.87. The van der Waals surface area contributed by atoms with Gasteiger partial charge in [-0.15, -0.1) is 0 Å². The fourth-order valence-corrected chi connectivity index (χ4v) is 0.888. The highest BCUT2D eigenvalue weighted by molar-refractivity contribution is 5.73. The van der Waals surface area contributed by atoms with Crippen LogP contribution in [-0.4, -0.2) is 17.1 Å². The van der Waals surface area contributed by atoms with Gasteiger partial charge >= 0.3 is 5.97 Å². The molecule has 0 aromatic carbocycles. The Labute approximate surface area is 84.6 Å². The zero-order valence-electron chi connectivity index (χ0n) is 8.44. The van der Waals surface area contributed by atoms with Crippen LogP contribution in [0.5, 0.6) is 0 Å². The normalized spacial score (nSPS) is 14.3. The molecule has 0 amide bonds. The Kier molecular flexibility index (Phi) is 6.41. The summed E-state index contributed by atoms with van der Waals surface area (Å²) in [5.74, 6) is -0.989. The van der Waals surface area contributed by atoms with Gasteiger partial charge in [-0.1, -0.05) is 37.8 Å². The summed E-state index contributed by atoms with van der Waals surface area (Å²) in [4.78, 5) is 10.5. The van der Waals surface area contributed by atoms with Crippen molar-refractivity contribution in [2.24, 2.45) is 5.73 Å². The van der Waals surface area contributed by atoms with E-state index in [1.54, 1.807) is 6.08 Å². The van der Waals surface area contributed by atoms with Crippen molar-refractivity contribution in [1.29, 1.82) is 0 Å². The van der Waals surface area contributed by atoms with Crippen LogP contribution in [0.1, 0.15) is 19.8 Å². The third-order valence-electron chi connectivity index (χ3n) is 1.72. The second kappa shape index (κ2) is 7.09. The molecule has 0 rings (SSSR count). The number of hydrogen-bond acceptors (Lipinski definition) is 2. The first-order valence-corrected chi connectivity index (χ1v) is 4.58. The van der Waals surface area contributed by atoms with Gasteiger partial charge in [0.1, 0.15) is 6.04 Å². The molecule has 0 saturated heterocycles. The average Bonchev–Trinajstić information content (AvgIpc) is 2.16. The smallest absolute Gasteiger partial charge is 0.320 e. The number of carboxylic acid groups (broad SMARTS) is 1. The highest BCUT2D eigenvalue weighted by Gasteiger charge is 2.11. The molecule has 1 atom stereocenters. The van der Waals surface area contributed by atoms with Crippen molar-refractivity contribution in [1.82, 2.24) is 0 Å². The molecular formula is C11H17NO2. The van der Waals surface area contributed by atoms with Crippen LogP contribution < -0.4 is 5.73 Å². The van der Waals surface area contributed by atoms with Crippen molar-refractivity contribution < 1.29 is 9.90 Å². The van der Waals surface area contributed by atoms with Crippen LogP contribution in [0, 0.1) is 0 Å². The first kappa shape index (κ1) is 12.7. The monoisotopic (exact) mass is 195 g/mol. The Morgan fingerprint density at radius 2 is 2.29 bits per heavy atom. The summed E-state index contributed by atoms with van der Waals surface area (Å²) in [6.07, 6.45) is 8.59. The van der Waals surface area contributed by atoms with Gasteiger partial charge in [0, 0.05) is 0 Å². The fraction of sp³-hybridized carbons (Fsp3) is 0.364. The van der Waals surface area contributed by atoms with Gasteiger partial charge in [-0.25, -0.2) is 0 Å². The zero-order valence-corrected chi connectivity index (χ0v) is 8.44. The van der Waals surface area contributed by atoms with Crippen LogP contribution in [0.2, 0.25) is 0 Å². The molecule has 0 saturated carbocycles. The van der Waals surface area contributed by atoms with E-state index in [4.69, 9.17) is 10.8 Å². The van der Waals surface area contributed by atoms with Gasteiger partial charge in [-0.2, -0.15) is 0 Å². The van der Waals surface area contributed by atoms with Crippen LogP contribution in [-0.2, 0) is 4.79 Å². The second-order valence-corrected chi connectivity index (χ2v) is 2.93. The van der Waals surface area contributed by atoms with Gasteiger partial charge in [0.05, 0.1) is 0 Å². The number of carbonyl (C=O) groups is 1. The van der Waals surface area contributed by atoms with E-state index < -0.39 is 12.0 Å². The van der Waals surface area contributed by atoms with E-state index in [1.165, 1.54) is 0 Å². The Bertz CT molecular complexity index is 254. The molecule has 0 aliphatic rings. The van der Waals surface area contributed by atoms with E-state index in [-0.39, 0.29) is 0 Å². The quantitative estimate of drug-likeness (QED) is 0.636. The largest absolute Gasteiger partial charge is 0.480 e. The number of aliphatic carboxylic acids is 1. The van der Waals surface area contributed by atoms with E-state index >= 15 is 0 Å². The molecule has 14 heavy (non-hydrogen) atoms. The molecule has 0 aromatic heterocycles. The van der Waals surface area contributed by atoms with Crippen LogP contribution in [0.4, 0.5) is 0 Å². The third-order valence-corrected chi connectivity index (χ3v) is 1.72. The van der Waals surface area contributed by atoms with Crippen LogP contribution >= 0.6 is 0 Å². The van der Waals surface area contributed by atoms with Crippen molar-refractivity contribution in [3.63, 3.8) is 0 Å². The van der Waals surface area contributed by atoms with Gasteiger partial charge in [0.2, 0.25) is 0 Å². The summed E-state index contributed by atoms with van der Waals surface area (Å²) in [6.45, 7) is 5.63. The van der Waals surface area contributed by atoms with E-state index in [1.807, 2.05) is 25.2 Å². The molecule has 0 spiro atoms. The van der Waals surface area contributed by atoms with Gasteiger partial charge in [0.15, 0.2) is 0 Å². The number of carboxylic acids is 1. The molecule has 0 aromatic rings. The summed E-state index contributed by atoms with van der Waals surface area (Å²) in [5.41, 5.74) is 6.22. The molecule has 0 unspecified atom stereocenters. The van der Waals surface area contributed by atoms with E-state index in [0.29, 0.717) is 6.42 Å². The Morgan fingerprint density at radius 3 is 2.71 bits per heavy atom. The second-order valence-electron chi connectivity index (χ2n) is 2.93. The fourth-order valence-electron chi connectivity index (χ4n) is 0.888. The maximum absolute atomic E-state index is 10.5. The molecule has 0 fully saturated rings. The molecule has 0 radical (unpaired) electrons. The lowest BCUT2D eigenvalue weighted by molar-refractivity contribution is -0.138. The summed E-state index contributed by atoms with van der Waals surface area (Å²) >= 11 is 0. The lowest BCUT2D eigenvalue weighted by atomic mass is 10.1. The van der Waals surface area contributed by atoms with E-state index in [0.717, 1.165) is 12.0 Å². The van der Waals surface area contributed by atoms with Gasteiger partial charge in [0.25, 0.3) is 0 Å². The lowest BCUT2D eigenvalue weighted by Gasteiger charge is -2.05. The van der Waals surface area contributed by atoms with E-state index in [2.05, 4.69) is 6.58 Å². The lowest BCUT2D eigenvalue weighted by Crippen LogP contribution is -2.30. The van der Waals surface area contributed by atoms with Crippen molar-refractivity contribution >= 4 is 5.97 Å². The third kappa shape index (κ3) is 5.32. The van der Waals surface area contributed by atoms with Crippen LogP contribution in [0.25, 0.3) is 0 Å². The Balaban J connectivity index is 4.28. The number of rotatable bonds is 6. The first-order chi connectivity index (χ1) is 6.61. The first-order valence-electron chi connectivity index (χ1n) is 4.58. The van der Waals surface area contributed by atoms with Crippen molar-refractivity contribution in [2.45, 2.75) is 25.8 Å². The number of hydrogen-bond donors (Lipinski definition) is 2. The number of allylic oxidation sites excluding steroid dienone is 4. The van der Waals surface area contributed by atoms with Crippen LogP contribution in [0.15, 0.2) is 36.5 Å². The minimum Gasteiger partial charge on any atom is -0.480 e. The van der Waals surface area contributed by atoms with Crippen molar-refractivity contribution in [2.75, 3.05) is 0 Å². The summed E-state index contributed by atoms with van der Waals surface area (Å²) in [5, 5.41) is 8.59. The van der Waals surface area contributed by atoms with Crippen molar-refractivity contribution in [3.05, 3.63) is 36.5 Å². The number of nitrogens with two attached hydrogens (primary N) is 1. The minimum atomic E-state index is -0.989. The summed E-state index contributed by atoms with van der Waals surface area (Å²) in [7, 11) is 0. The average molecular weight is 195 g/mol. The van der Waals surface area contributed by atoms with Gasteiger partial charge in [-0.3, -0.25) is 4.79 Å². The summed E-state index contributed by atoms with van der Waals surface area (Å²) < 4.78 is 0. The van der Waals surface area contributed by atoms with Gasteiger partial charge in [-0.05, 0) is 18.4 Å². The molecule has 3 heteroatoms. The maximum atomic E-state index is 10.5. The highest BCUT2D eigenvalue weighted by Crippen LogP contribution is 2.06. The summed E-state index contributed by atoms with van der Waals surface area (Å²) in [6, 6.07) is -0.853. The highest BCUT2D eigenvalue weighted by atomic mass is 16.4. The minimum absolute atomic E-state index is 0.312. The molecule has 3 N–H and O–H groups in total. The molecular weight excluding hydrogens is 178 g/mol. The maximum Gasteiger partial charge on any atom is 0.320 e. The molecule has 3 nitrogen and oxygen atoms in total. The molecule has 0 bridgehead atoms. The zero-order chi connectivity index (χ0) is 11.0. The standard InChI is InChI=1S/C11H17NO2/c1-3-5-6-7-9(4-2)8-10(12)11(13)14/h4-7,10H,2-3,8,12H2,1H3,(H,13,14)/b6-5-,9-7+/t10-/m1/s1. The SMILES string of the molecule is C=C/C(=C\C=C/CC)C[C@@H](N)C(=O)O. The Morgan fingerprint density at radius 1 is 1.64 bits per heavy atom. The predicted molar refractivity (Wildman–Crippen MR) is 57.9 cm³/mol. The van der Waals surface area contributed by atoms with Crippen LogP contribution in [0.3, 0.4) is 0 Å². The van der Waals surface area contributed by atoms with Crippen molar-refractivity contribution in [3.8, 4) is 0 Å². The molecule has 0 aliphatic heterocycles. The molecule has 0 aliphatic carbocycles. The molecule has 78 valence electrons. The van der Waals surface area contributed by atoms with Gasteiger partial charge < -0.3 is 10.8 Å².